The number of hydrogen-bond donors (Lipinski definition) is 1. The Morgan fingerprint density at radius 1 is 1.07 bits per heavy atom. The van der Waals surface area contributed by atoms with Crippen LogP contribution in [0, 0.1) is 6.92 Å². The SMILES string of the molecule is Cc1ccc(S(=O)(=O)N2CCC[C@H]2C(=O)NC2CCS(=O)(=O)c3ccccc32)cc1. The van der Waals surface area contributed by atoms with Crippen molar-refractivity contribution >= 4 is 25.8 Å². The molecule has 1 fully saturated rings. The van der Waals surface area contributed by atoms with Gasteiger partial charge in [-0.1, -0.05) is 35.9 Å². The molecule has 2 aromatic rings. The molecular weight excluding hydrogens is 424 g/mol. The first-order valence-corrected chi connectivity index (χ1v) is 13.0. The van der Waals surface area contributed by atoms with Crippen LogP contribution in [-0.2, 0) is 24.7 Å². The average Bonchev–Trinajstić information content (AvgIpc) is 3.22. The van der Waals surface area contributed by atoms with Gasteiger partial charge in [-0.15, -0.1) is 0 Å². The van der Waals surface area contributed by atoms with E-state index in [1.165, 1.54) is 4.31 Å². The van der Waals surface area contributed by atoms with Crippen molar-refractivity contribution in [2.24, 2.45) is 0 Å². The number of aryl methyl sites for hydroxylation is 1. The first kappa shape index (κ1) is 21.0. The number of sulfonamides is 1. The van der Waals surface area contributed by atoms with Crippen LogP contribution in [-0.4, -0.2) is 45.4 Å². The Balaban J connectivity index is 1.57. The lowest BCUT2D eigenvalue weighted by Gasteiger charge is -2.29. The fourth-order valence-corrected chi connectivity index (χ4v) is 7.42. The topological polar surface area (TPSA) is 101 Å². The molecule has 2 aromatic carbocycles. The minimum absolute atomic E-state index is 0.0506. The summed E-state index contributed by atoms with van der Waals surface area (Å²) in [4.78, 5) is 13.5. The van der Waals surface area contributed by atoms with E-state index in [9.17, 15) is 21.6 Å². The zero-order chi connectivity index (χ0) is 21.5. The molecule has 30 heavy (non-hydrogen) atoms. The number of carbonyl (C=O) groups is 1. The molecule has 0 radical (unpaired) electrons. The van der Waals surface area contributed by atoms with Crippen LogP contribution in [0.4, 0.5) is 0 Å². The van der Waals surface area contributed by atoms with Crippen LogP contribution < -0.4 is 5.32 Å². The Bertz CT molecular complexity index is 1170. The number of hydrogen-bond acceptors (Lipinski definition) is 5. The van der Waals surface area contributed by atoms with Gasteiger partial charge in [0.1, 0.15) is 6.04 Å². The van der Waals surface area contributed by atoms with Gasteiger partial charge >= 0.3 is 0 Å². The van der Waals surface area contributed by atoms with E-state index in [4.69, 9.17) is 0 Å². The highest BCUT2D eigenvalue weighted by molar-refractivity contribution is 7.91. The number of benzene rings is 2. The number of nitrogens with one attached hydrogen (secondary N) is 1. The smallest absolute Gasteiger partial charge is 0.243 e. The maximum atomic E-state index is 13.1. The molecule has 0 bridgehead atoms. The number of nitrogens with zero attached hydrogens (tertiary/aromatic N) is 1. The van der Waals surface area contributed by atoms with E-state index in [0.29, 0.717) is 18.4 Å². The van der Waals surface area contributed by atoms with Gasteiger partial charge in [0, 0.05) is 6.54 Å². The fourth-order valence-electron chi connectivity index (χ4n) is 4.14. The Hall–Kier alpha value is -2.23. The molecule has 7 nitrogen and oxygen atoms in total. The summed E-state index contributed by atoms with van der Waals surface area (Å²) in [7, 11) is -7.15. The van der Waals surface area contributed by atoms with E-state index in [0.717, 1.165) is 5.56 Å². The van der Waals surface area contributed by atoms with Crippen LogP contribution in [0.3, 0.4) is 0 Å². The molecule has 0 aromatic heterocycles. The Morgan fingerprint density at radius 2 is 1.77 bits per heavy atom. The predicted molar refractivity (Wildman–Crippen MR) is 112 cm³/mol. The van der Waals surface area contributed by atoms with Crippen LogP contribution >= 0.6 is 0 Å². The number of carbonyl (C=O) groups excluding carboxylic acids is 1. The van der Waals surface area contributed by atoms with Crippen LogP contribution in [0.25, 0.3) is 0 Å². The number of sulfone groups is 1. The molecule has 160 valence electrons. The van der Waals surface area contributed by atoms with Gasteiger partial charge in [0.2, 0.25) is 15.9 Å². The van der Waals surface area contributed by atoms with Gasteiger partial charge in [-0.25, -0.2) is 16.8 Å². The summed E-state index contributed by atoms with van der Waals surface area (Å²) in [5.74, 6) is -0.437. The van der Waals surface area contributed by atoms with Gasteiger partial charge in [-0.2, -0.15) is 4.31 Å². The van der Waals surface area contributed by atoms with Crippen LogP contribution in [0.15, 0.2) is 58.3 Å². The van der Waals surface area contributed by atoms with E-state index < -0.39 is 31.9 Å². The molecule has 2 atom stereocenters. The summed E-state index contributed by atoms with van der Waals surface area (Å²) in [5, 5.41) is 2.91. The maximum Gasteiger partial charge on any atom is 0.243 e. The molecule has 4 rings (SSSR count). The predicted octanol–water partition coefficient (Wildman–Crippen LogP) is 2.18. The van der Waals surface area contributed by atoms with Crippen molar-refractivity contribution in [1.82, 2.24) is 9.62 Å². The monoisotopic (exact) mass is 448 g/mol. The van der Waals surface area contributed by atoms with Crippen LogP contribution in [0.1, 0.15) is 36.4 Å². The molecule has 2 heterocycles. The normalized spacial score (nSPS) is 23.6. The first-order chi connectivity index (χ1) is 14.2. The standard InChI is InChI=1S/C21H24N2O5S2/c1-15-8-10-16(11-9-15)30(27,28)23-13-4-6-19(23)21(24)22-18-12-14-29(25,26)20-7-3-2-5-17(18)20/h2-3,5,7-11,18-19H,4,6,12-14H2,1H3,(H,22,24)/t18?,19-/m0/s1. The minimum Gasteiger partial charge on any atom is -0.348 e. The van der Waals surface area contributed by atoms with Gasteiger partial charge in [0.05, 0.1) is 21.6 Å². The van der Waals surface area contributed by atoms with Gasteiger partial charge in [0.15, 0.2) is 9.84 Å². The molecule has 2 aliphatic rings. The summed E-state index contributed by atoms with van der Waals surface area (Å²) in [6.45, 7) is 2.16. The second-order valence-electron chi connectivity index (χ2n) is 7.79. The largest absolute Gasteiger partial charge is 0.348 e. The molecule has 1 amide bonds. The number of rotatable bonds is 4. The second-order valence-corrected chi connectivity index (χ2v) is 11.8. The molecular formula is C21H24N2O5S2. The van der Waals surface area contributed by atoms with E-state index in [2.05, 4.69) is 5.32 Å². The zero-order valence-electron chi connectivity index (χ0n) is 16.6. The lowest BCUT2D eigenvalue weighted by molar-refractivity contribution is -0.125. The average molecular weight is 449 g/mol. The van der Waals surface area contributed by atoms with Crippen molar-refractivity contribution in [3.8, 4) is 0 Å². The van der Waals surface area contributed by atoms with E-state index in [-0.39, 0.29) is 34.4 Å². The van der Waals surface area contributed by atoms with Gasteiger partial charge < -0.3 is 5.32 Å². The molecule has 0 spiro atoms. The van der Waals surface area contributed by atoms with Crippen molar-refractivity contribution in [3.63, 3.8) is 0 Å². The van der Waals surface area contributed by atoms with Crippen molar-refractivity contribution in [2.45, 2.75) is 48.1 Å². The third kappa shape index (κ3) is 3.77. The Morgan fingerprint density at radius 3 is 2.50 bits per heavy atom. The highest BCUT2D eigenvalue weighted by atomic mass is 32.2. The summed E-state index contributed by atoms with van der Waals surface area (Å²) in [6, 6.07) is 12.0. The van der Waals surface area contributed by atoms with E-state index in [1.54, 1.807) is 48.5 Å². The molecule has 0 aliphatic carbocycles. The summed E-state index contributed by atoms with van der Waals surface area (Å²) >= 11 is 0. The van der Waals surface area contributed by atoms with E-state index in [1.807, 2.05) is 6.92 Å². The van der Waals surface area contributed by atoms with Gasteiger partial charge in [-0.3, -0.25) is 4.79 Å². The lowest BCUT2D eigenvalue weighted by Crippen LogP contribution is -2.47. The molecule has 9 heteroatoms. The zero-order valence-corrected chi connectivity index (χ0v) is 18.2. The highest BCUT2D eigenvalue weighted by Crippen LogP contribution is 2.33. The Kier molecular flexibility index (Phi) is 5.46. The second kappa shape index (κ2) is 7.79. The fraction of sp³-hybridized carbons (Fsp3) is 0.381. The van der Waals surface area contributed by atoms with Crippen LogP contribution in [0.2, 0.25) is 0 Å². The van der Waals surface area contributed by atoms with E-state index >= 15 is 0 Å². The van der Waals surface area contributed by atoms with Crippen molar-refractivity contribution in [3.05, 3.63) is 59.7 Å². The first-order valence-electron chi connectivity index (χ1n) is 9.91. The minimum atomic E-state index is -3.79. The molecule has 1 unspecified atom stereocenters. The summed E-state index contributed by atoms with van der Waals surface area (Å²) in [5.41, 5.74) is 1.51. The maximum absolute atomic E-state index is 13.1. The van der Waals surface area contributed by atoms with Crippen molar-refractivity contribution < 1.29 is 21.6 Å². The van der Waals surface area contributed by atoms with Gasteiger partial charge in [0.25, 0.3) is 0 Å². The summed E-state index contributed by atoms with van der Waals surface area (Å²) in [6.07, 6.45) is 1.30. The number of amides is 1. The molecule has 0 saturated carbocycles. The Labute approximate surface area is 177 Å². The third-order valence-corrected chi connectivity index (χ3v) is 9.49. The van der Waals surface area contributed by atoms with Crippen molar-refractivity contribution in [2.75, 3.05) is 12.3 Å². The lowest BCUT2D eigenvalue weighted by atomic mass is 10.0. The summed E-state index contributed by atoms with van der Waals surface area (Å²) < 4.78 is 52.1. The molecule has 2 aliphatic heterocycles. The highest BCUT2D eigenvalue weighted by Gasteiger charge is 2.41. The van der Waals surface area contributed by atoms with Crippen molar-refractivity contribution in [1.29, 1.82) is 0 Å². The third-order valence-electron chi connectivity index (χ3n) is 5.76. The quantitative estimate of drug-likeness (QED) is 0.773. The van der Waals surface area contributed by atoms with Crippen LogP contribution in [0.5, 0.6) is 0 Å². The number of fused-ring (bicyclic) bond motifs is 1. The van der Waals surface area contributed by atoms with Gasteiger partial charge in [-0.05, 0) is 49.9 Å². The molecule has 1 N–H and O–H groups in total. The molecule has 1 saturated heterocycles.